The molecule has 0 aliphatic carbocycles. The molecular formula is C12H17N3O3S. The fourth-order valence-electron chi connectivity index (χ4n) is 1.96. The molecule has 1 aromatic rings. The molecule has 0 saturated carbocycles. The molecule has 0 bridgehead atoms. The van der Waals surface area contributed by atoms with Crippen LogP contribution in [0, 0.1) is 0 Å². The van der Waals surface area contributed by atoms with E-state index in [1.165, 1.54) is 4.90 Å². The Morgan fingerprint density at radius 1 is 1.26 bits per heavy atom. The summed E-state index contributed by atoms with van der Waals surface area (Å²) in [5.41, 5.74) is 6.80. The smallest absolute Gasteiger partial charge is 0.321 e. The van der Waals surface area contributed by atoms with Crippen molar-refractivity contribution < 1.29 is 13.2 Å². The number of hydrogen-bond acceptors (Lipinski definition) is 4. The van der Waals surface area contributed by atoms with Gasteiger partial charge in [0.1, 0.15) is 0 Å². The lowest BCUT2D eigenvalue weighted by Crippen LogP contribution is -2.37. The Hall–Kier alpha value is -1.76. The Morgan fingerprint density at radius 2 is 2.05 bits per heavy atom. The number of anilines is 2. The second-order valence-corrected chi connectivity index (χ2v) is 6.85. The molecule has 104 valence electrons. The Kier molecular flexibility index (Phi) is 3.94. The second-order valence-electron chi connectivity index (χ2n) is 4.55. The van der Waals surface area contributed by atoms with Crippen molar-refractivity contribution in [1.29, 1.82) is 0 Å². The number of sulfone groups is 1. The highest BCUT2D eigenvalue weighted by atomic mass is 32.2. The molecule has 2 rings (SSSR count). The van der Waals surface area contributed by atoms with Gasteiger partial charge in [0, 0.05) is 24.5 Å². The summed E-state index contributed by atoms with van der Waals surface area (Å²) >= 11 is 0. The van der Waals surface area contributed by atoms with Gasteiger partial charge in [-0.25, -0.2) is 13.2 Å². The summed E-state index contributed by atoms with van der Waals surface area (Å²) in [6.45, 7) is 0.684. The first-order chi connectivity index (χ1) is 8.96. The van der Waals surface area contributed by atoms with Gasteiger partial charge in [0.25, 0.3) is 0 Å². The fourth-order valence-corrected chi connectivity index (χ4v) is 3.23. The molecule has 0 atom stereocenters. The van der Waals surface area contributed by atoms with Gasteiger partial charge in [-0.2, -0.15) is 0 Å². The van der Waals surface area contributed by atoms with E-state index in [1.807, 2.05) is 0 Å². The maximum absolute atomic E-state index is 12.0. The molecule has 1 aliphatic heterocycles. The third-order valence-electron chi connectivity index (χ3n) is 2.98. The van der Waals surface area contributed by atoms with Gasteiger partial charge in [0.05, 0.1) is 11.5 Å². The van der Waals surface area contributed by atoms with Crippen LogP contribution >= 0.6 is 0 Å². The first-order valence-electron chi connectivity index (χ1n) is 6.08. The van der Waals surface area contributed by atoms with Crippen LogP contribution in [0.2, 0.25) is 0 Å². The number of hydrogen-bond donors (Lipinski definition) is 2. The number of nitrogens with zero attached hydrogens (tertiary/aromatic N) is 1. The minimum Gasteiger partial charge on any atom is -0.399 e. The third kappa shape index (κ3) is 3.85. The third-order valence-corrected chi connectivity index (χ3v) is 4.70. The maximum Gasteiger partial charge on any atom is 0.321 e. The van der Waals surface area contributed by atoms with Crippen LogP contribution in [0.3, 0.4) is 0 Å². The van der Waals surface area contributed by atoms with Crippen molar-refractivity contribution in [2.45, 2.75) is 6.42 Å². The molecule has 0 spiro atoms. The molecule has 19 heavy (non-hydrogen) atoms. The number of benzene rings is 1. The average molecular weight is 283 g/mol. The highest BCUT2D eigenvalue weighted by Crippen LogP contribution is 2.13. The summed E-state index contributed by atoms with van der Waals surface area (Å²) in [5, 5.41) is 2.72. The predicted molar refractivity (Wildman–Crippen MR) is 74.7 cm³/mol. The SMILES string of the molecule is Nc1cccc(NC(=O)N2CCCS(=O)(=O)CC2)c1. The minimum atomic E-state index is -3.01. The van der Waals surface area contributed by atoms with Crippen LogP contribution in [0.1, 0.15) is 6.42 Å². The standard InChI is InChI=1S/C12H17N3O3S/c13-10-3-1-4-11(9-10)14-12(16)15-5-2-7-19(17,18)8-6-15/h1,3-4,9H,2,5-8,13H2,(H,14,16). The molecule has 1 aliphatic rings. The molecule has 3 N–H and O–H groups in total. The van der Waals surface area contributed by atoms with E-state index in [0.29, 0.717) is 24.3 Å². The summed E-state index contributed by atoms with van der Waals surface area (Å²) < 4.78 is 22.9. The zero-order valence-corrected chi connectivity index (χ0v) is 11.3. The van der Waals surface area contributed by atoms with Crippen molar-refractivity contribution in [2.24, 2.45) is 0 Å². The molecule has 7 heteroatoms. The monoisotopic (exact) mass is 283 g/mol. The molecule has 1 saturated heterocycles. The van der Waals surface area contributed by atoms with Crippen molar-refractivity contribution in [3.63, 3.8) is 0 Å². The predicted octanol–water partition coefficient (Wildman–Crippen LogP) is 0.921. The number of carbonyl (C=O) groups is 1. The van der Waals surface area contributed by atoms with E-state index in [4.69, 9.17) is 5.73 Å². The summed E-state index contributed by atoms with van der Waals surface area (Å²) in [7, 11) is -3.01. The van der Waals surface area contributed by atoms with E-state index in [-0.39, 0.29) is 24.1 Å². The van der Waals surface area contributed by atoms with Crippen molar-refractivity contribution in [3.8, 4) is 0 Å². The summed E-state index contributed by atoms with van der Waals surface area (Å²) in [5.74, 6) is 0.173. The van der Waals surface area contributed by atoms with Crippen molar-refractivity contribution >= 4 is 27.2 Å². The number of nitrogen functional groups attached to an aromatic ring is 1. The van der Waals surface area contributed by atoms with Crippen molar-refractivity contribution in [3.05, 3.63) is 24.3 Å². The van der Waals surface area contributed by atoms with Gasteiger partial charge >= 0.3 is 6.03 Å². The van der Waals surface area contributed by atoms with Gasteiger partial charge in [-0.15, -0.1) is 0 Å². The molecule has 1 fully saturated rings. The zero-order chi connectivity index (χ0) is 13.9. The largest absolute Gasteiger partial charge is 0.399 e. The Labute approximate surface area is 112 Å². The van der Waals surface area contributed by atoms with Crippen LogP contribution in [0.25, 0.3) is 0 Å². The van der Waals surface area contributed by atoms with E-state index in [2.05, 4.69) is 5.32 Å². The van der Waals surface area contributed by atoms with Crippen LogP contribution in [-0.2, 0) is 9.84 Å². The van der Waals surface area contributed by atoms with Crippen molar-refractivity contribution in [1.82, 2.24) is 4.90 Å². The molecular weight excluding hydrogens is 266 g/mol. The number of nitrogens with two attached hydrogens (primary N) is 1. The highest BCUT2D eigenvalue weighted by Gasteiger charge is 2.22. The van der Waals surface area contributed by atoms with Crippen LogP contribution < -0.4 is 11.1 Å². The summed E-state index contributed by atoms with van der Waals surface area (Å²) in [4.78, 5) is 13.5. The lowest BCUT2D eigenvalue weighted by molar-refractivity contribution is 0.216. The van der Waals surface area contributed by atoms with E-state index in [1.54, 1.807) is 24.3 Å². The zero-order valence-electron chi connectivity index (χ0n) is 10.5. The van der Waals surface area contributed by atoms with Gasteiger partial charge in [-0.05, 0) is 24.6 Å². The van der Waals surface area contributed by atoms with Crippen LogP contribution in [0.4, 0.5) is 16.2 Å². The maximum atomic E-state index is 12.0. The molecule has 6 nitrogen and oxygen atoms in total. The number of nitrogens with one attached hydrogen (secondary N) is 1. The molecule has 1 heterocycles. The Balaban J connectivity index is 2.00. The Bertz CT molecular complexity index is 571. The molecule has 0 aromatic heterocycles. The van der Waals surface area contributed by atoms with E-state index >= 15 is 0 Å². The van der Waals surface area contributed by atoms with Crippen LogP contribution in [0.15, 0.2) is 24.3 Å². The molecule has 0 radical (unpaired) electrons. The van der Waals surface area contributed by atoms with Crippen LogP contribution in [0.5, 0.6) is 0 Å². The summed E-state index contributed by atoms with van der Waals surface area (Å²) in [6, 6.07) is 6.59. The van der Waals surface area contributed by atoms with Crippen LogP contribution in [-0.4, -0.2) is 43.9 Å². The number of amides is 2. The number of urea groups is 1. The topological polar surface area (TPSA) is 92.5 Å². The Morgan fingerprint density at radius 3 is 2.79 bits per heavy atom. The quantitative estimate of drug-likeness (QED) is 0.750. The van der Waals surface area contributed by atoms with E-state index in [0.717, 1.165) is 0 Å². The lowest BCUT2D eigenvalue weighted by Gasteiger charge is -2.20. The highest BCUT2D eigenvalue weighted by molar-refractivity contribution is 7.91. The van der Waals surface area contributed by atoms with Gasteiger partial charge in [0.2, 0.25) is 0 Å². The van der Waals surface area contributed by atoms with Gasteiger partial charge in [0.15, 0.2) is 9.84 Å². The summed E-state index contributed by atoms with van der Waals surface area (Å²) in [6.07, 6.45) is 0.479. The van der Waals surface area contributed by atoms with E-state index in [9.17, 15) is 13.2 Å². The molecule has 0 unspecified atom stereocenters. The number of rotatable bonds is 1. The van der Waals surface area contributed by atoms with Gasteiger partial charge < -0.3 is 16.0 Å². The van der Waals surface area contributed by atoms with Crippen molar-refractivity contribution in [2.75, 3.05) is 35.6 Å². The number of carbonyl (C=O) groups excluding carboxylic acids is 1. The van der Waals surface area contributed by atoms with E-state index < -0.39 is 9.84 Å². The minimum absolute atomic E-state index is 0.0251. The first-order valence-corrected chi connectivity index (χ1v) is 7.90. The van der Waals surface area contributed by atoms with Gasteiger partial charge in [-0.1, -0.05) is 6.07 Å². The first kappa shape index (κ1) is 13.7. The van der Waals surface area contributed by atoms with Gasteiger partial charge in [-0.3, -0.25) is 0 Å². The molecule has 1 aromatic carbocycles. The fraction of sp³-hybridized carbons (Fsp3) is 0.417. The normalized spacial score (nSPS) is 18.6. The average Bonchev–Trinajstić information content (AvgIpc) is 2.50. The lowest BCUT2D eigenvalue weighted by atomic mass is 10.3. The molecule has 2 amide bonds. The second kappa shape index (κ2) is 5.48.